The van der Waals surface area contributed by atoms with Gasteiger partial charge in [-0.1, -0.05) is 6.92 Å². The minimum Gasteiger partial charge on any atom is -0.463 e. The van der Waals surface area contributed by atoms with Gasteiger partial charge in [0.25, 0.3) is 0 Å². The molecule has 0 aliphatic heterocycles. The molecular formula is C7H12O4. The number of hydrogen-bond donors (Lipinski definition) is 0. The van der Waals surface area contributed by atoms with E-state index in [0.717, 1.165) is 0 Å². The molecule has 0 aromatic heterocycles. The second-order valence-electron chi connectivity index (χ2n) is 1.72. The number of carbonyl (C=O) groups is 1. The molecule has 0 radical (unpaired) electrons. The monoisotopic (exact) mass is 160 g/mol. The lowest BCUT2D eigenvalue weighted by Crippen LogP contribution is -2.07. The van der Waals surface area contributed by atoms with Crippen LogP contribution in [0.2, 0.25) is 0 Å². The molecule has 4 heteroatoms. The summed E-state index contributed by atoms with van der Waals surface area (Å²) in [4.78, 5) is 19.6. The van der Waals surface area contributed by atoms with Crippen LogP contribution < -0.4 is 0 Å². The van der Waals surface area contributed by atoms with Crippen molar-refractivity contribution >= 4 is 5.97 Å². The number of hydrogen-bond acceptors (Lipinski definition) is 4. The van der Waals surface area contributed by atoms with Crippen LogP contribution in [0.25, 0.3) is 0 Å². The van der Waals surface area contributed by atoms with Gasteiger partial charge in [-0.25, -0.2) is 4.79 Å². The molecule has 0 heterocycles. The van der Waals surface area contributed by atoms with Gasteiger partial charge < -0.3 is 9.62 Å². The highest BCUT2D eigenvalue weighted by Gasteiger charge is 2.10. The van der Waals surface area contributed by atoms with E-state index in [1.54, 1.807) is 6.08 Å². The number of rotatable bonds is 4. The highest BCUT2D eigenvalue weighted by Crippen LogP contribution is 2.01. The van der Waals surface area contributed by atoms with Crippen LogP contribution in [-0.2, 0) is 19.3 Å². The lowest BCUT2D eigenvalue weighted by atomic mass is 10.4. The normalized spacial score (nSPS) is 11.0. The van der Waals surface area contributed by atoms with Gasteiger partial charge in [-0.15, -0.1) is 0 Å². The minimum absolute atomic E-state index is 0.0810. The molecule has 0 saturated carbocycles. The summed E-state index contributed by atoms with van der Waals surface area (Å²) < 4.78 is 4.41. The van der Waals surface area contributed by atoms with Crippen molar-refractivity contribution in [3.8, 4) is 0 Å². The van der Waals surface area contributed by atoms with Crippen molar-refractivity contribution in [1.29, 1.82) is 0 Å². The zero-order chi connectivity index (χ0) is 8.69. The fourth-order valence-corrected chi connectivity index (χ4v) is 0.527. The van der Waals surface area contributed by atoms with Gasteiger partial charge in [0, 0.05) is 0 Å². The number of esters is 1. The van der Waals surface area contributed by atoms with E-state index in [2.05, 4.69) is 14.5 Å². The fraction of sp³-hybridized carbons (Fsp3) is 0.571. The van der Waals surface area contributed by atoms with E-state index < -0.39 is 5.97 Å². The van der Waals surface area contributed by atoms with Crippen LogP contribution in [-0.4, -0.2) is 20.2 Å². The van der Waals surface area contributed by atoms with E-state index in [-0.39, 0.29) is 5.76 Å². The van der Waals surface area contributed by atoms with Crippen molar-refractivity contribution in [3.05, 3.63) is 11.8 Å². The zero-order valence-corrected chi connectivity index (χ0v) is 6.92. The SMILES string of the molecule is CC/C=C(/OOC)C(=O)OC. The maximum absolute atomic E-state index is 10.8. The van der Waals surface area contributed by atoms with Gasteiger partial charge in [-0.2, -0.15) is 4.89 Å². The summed E-state index contributed by atoms with van der Waals surface area (Å²) in [5.74, 6) is -0.453. The molecule has 0 unspecified atom stereocenters. The smallest absolute Gasteiger partial charge is 0.377 e. The second kappa shape index (κ2) is 5.73. The van der Waals surface area contributed by atoms with Crippen molar-refractivity contribution in [3.63, 3.8) is 0 Å². The van der Waals surface area contributed by atoms with Crippen LogP contribution in [0.4, 0.5) is 0 Å². The summed E-state index contributed by atoms with van der Waals surface area (Å²) in [7, 11) is 2.61. The second-order valence-corrected chi connectivity index (χ2v) is 1.72. The Morgan fingerprint density at radius 3 is 2.45 bits per heavy atom. The lowest BCUT2D eigenvalue weighted by Gasteiger charge is -2.02. The van der Waals surface area contributed by atoms with Crippen LogP contribution in [0.15, 0.2) is 11.8 Å². The molecule has 0 atom stereocenters. The molecule has 0 fully saturated rings. The summed E-state index contributed by atoms with van der Waals surface area (Å²) in [5.41, 5.74) is 0. The molecule has 0 spiro atoms. The first-order valence-corrected chi connectivity index (χ1v) is 3.25. The summed E-state index contributed by atoms with van der Waals surface area (Å²) in [6.45, 7) is 1.88. The van der Waals surface area contributed by atoms with Crippen molar-refractivity contribution in [2.75, 3.05) is 14.2 Å². The standard InChI is InChI=1S/C7H12O4/c1-4-5-6(11-10-3)7(8)9-2/h5H,4H2,1-3H3/b6-5+. The van der Waals surface area contributed by atoms with Crippen molar-refractivity contribution in [2.45, 2.75) is 13.3 Å². The highest BCUT2D eigenvalue weighted by atomic mass is 17.2. The summed E-state index contributed by atoms with van der Waals surface area (Å²) in [5, 5.41) is 0. The van der Waals surface area contributed by atoms with Gasteiger partial charge in [-0.3, -0.25) is 0 Å². The first-order chi connectivity index (χ1) is 5.26. The van der Waals surface area contributed by atoms with E-state index in [9.17, 15) is 4.79 Å². The van der Waals surface area contributed by atoms with Crippen LogP contribution in [0.5, 0.6) is 0 Å². The molecule has 0 bridgehead atoms. The Labute approximate surface area is 65.7 Å². The van der Waals surface area contributed by atoms with Gasteiger partial charge in [0.1, 0.15) is 0 Å². The van der Waals surface area contributed by atoms with Gasteiger partial charge in [-0.05, 0) is 12.5 Å². The number of allylic oxidation sites excluding steroid dienone is 1. The number of carbonyl (C=O) groups excluding carboxylic acids is 1. The van der Waals surface area contributed by atoms with Crippen LogP contribution in [0.3, 0.4) is 0 Å². The Morgan fingerprint density at radius 1 is 1.45 bits per heavy atom. The third-order valence-electron chi connectivity index (χ3n) is 0.949. The van der Waals surface area contributed by atoms with E-state index >= 15 is 0 Å². The third kappa shape index (κ3) is 3.62. The Kier molecular flexibility index (Phi) is 5.20. The van der Waals surface area contributed by atoms with Crippen LogP contribution in [0, 0.1) is 0 Å². The Morgan fingerprint density at radius 2 is 2.09 bits per heavy atom. The van der Waals surface area contributed by atoms with E-state index in [1.807, 2.05) is 6.92 Å². The first-order valence-electron chi connectivity index (χ1n) is 3.25. The quantitative estimate of drug-likeness (QED) is 0.202. The summed E-state index contributed by atoms with van der Waals surface area (Å²) >= 11 is 0. The van der Waals surface area contributed by atoms with Crippen LogP contribution >= 0.6 is 0 Å². The van der Waals surface area contributed by atoms with Crippen molar-refractivity contribution < 1.29 is 19.3 Å². The largest absolute Gasteiger partial charge is 0.463 e. The minimum atomic E-state index is -0.534. The lowest BCUT2D eigenvalue weighted by molar-refractivity contribution is -0.241. The topological polar surface area (TPSA) is 44.8 Å². The predicted octanol–water partition coefficient (Wildman–Crippen LogP) is 1.03. The zero-order valence-electron chi connectivity index (χ0n) is 6.92. The van der Waals surface area contributed by atoms with Gasteiger partial charge in [0.05, 0.1) is 14.2 Å². The van der Waals surface area contributed by atoms with Crippen molar-refractivity contribution in [1.82, 2.24) is 0 Å². The molecule has 11 heavy (non-hydrogen) atoms. The highest BCUT2D eigenvalue weighted by molar-refractivity contribution is 5.85. The molecule has 0 aromatic carbocycles. The number of ether oxygens (including phenoxy) is 1. The average Bonchev–Trinajstić information content (AvgIpc) is 2.03. The molecule has 0 N–H and O–H groups in total. The average molecular weight is 160 g/mol. The Balaban J connectivity index is 4.09. The van der Waals surface area contributed by atoms with Gasteiger partial charge >= 0.3 is 5.97 Å². The fourth-order valence-electron chi connectivity index (χ4n) is 0.527. The summed E-state index contributed by atoms with van der Waals surface area (Å²) in [6, 6.07) is 0. The third-order valence-corrected chi connectivity index (χ3v) is 0.949. The predicted molar refractivity (Wildman–Crippen MR) is 38.5 cm³/mol. The summed E-state index contributed by atoms with van der Waals surface area (Å²) in [6.07, 6.45) is 2.27. The van der Waals surface area contributed by atoms with E-state index in [4.69, 9.17) is 0 Å². The molecule has 0 rings (SSSR count). The molecule has 0 saturated heterocycles. The molecule has 0 aromatic rings. The molecule has 0 aliphatic carbocycles. The van der Waals surface area contributed by atoms with Crippen molar-refractivity contribution in [2.24, 2.45) is 0 Å². The van der Waals surface area contributed by atoms with Gasteiger partial charge in [0.2, 0.25) is 5.76 Å². The van der Waals surface area contributed by atoms with Crippen LogP contribution in [0.1, 0.15) is 13.3 Å². The Bertz CT molecular complexity index is 151. The van der Waals surface area contributed by atoms with E-state index in [1.165, 1.54) is 14.2 Å². The number of methoxy groups -OCH3 is 1. The molecular weight excluding hydrogens is 148 g/mol. The maximum Gasteiger partial charge on any atom is 0.377 e. The van der Waals surface area contributed by atoms with Gasteiger partial charge in [0.15, 0.2) is 0 Å². The first kappa shape index (κ1) is 9.97. The Hall–Kier alpha value is -1.03. The maximum atomic E-state index is 10.8. The molecule has 4 nitrogen and oxygen atoms in total. The molecule has 64 valence electrons. The van der Waals surface area contributed by atoms with E-state index in [0.29, 0.717) is 6.42 Å². The molecule has 0 amide bonds. The molecule has 0 aliphatic rings.